The summed E-state index contributed by atoms with van der Waals surface area (Å²) < 4.78 is 4.56. The van der Waals surface area contributed by atoms with Crippen LogP contribution in [0.3, 0.4) is 0 Å². The van der Waals surface area contributed by atoms with E-state index in [1.165, 1.54) is 7.11 Å². The number of esters is 1. The highest BCUT2D eigenvalue weighted by Gasteiger charge is 2.11. The number of carbonyl (C=O) groups is 2. The van der Waals surface area contributed by atoms with Gasteiger partial charge in [-0.1, -0.05) is 12.1 Å². The van der Waals surface area contributed by atoms with E-state index in [4.69, 9.17) is 5.73 Å². The van der Waals surface area contributed by atoms with Crippen molar-refractivity contribution in [2.24, 2.45) is 0 Å². The van der Waals surface area contributed by atoms with Crippen LogP contribution >= 0.6 is 0 Å². The van der Waals surface area contributed by atoms with Gasteiger partial charge in [0.25, 0.3) is 11.5 Å². The Morgan fingerprint density at radius 1 is 1.21 bits per heavy atom. The van der Waals surface area contributed by atoms with Gasteiger partial charge in [-0.15, -0.1) is 0 Å². The predicted molar refractivity (Wildman–Crippen MR) is 109 cm³/mol. The highest BCUT2D eigenvalue weighted by molar-refractivity contribution is 5.94. The summed E-state index contributed by atoms with van der Waals surface area (Å²) in [6, 6.07) is 7.29. The zero-order chi connectivity index (χ0) is 20.8. The lowest BCUT2D eigenvalue weighted by Gasteiger charge is -2.06. The fourth-order valence-corrected chi connectivity index (χ4v) is 3.06. The third-order valence-electron chi connectivity index (χ3n) is 4.61. The van der Waals surface area contributed by atoms with Gasteiger partial charge in [0.05, 0.1) is 12.5 Å². The van der Waals surface area contributed by atoms with Crippen LogP contribution < -0.4 is 16.6 Å². The lowest BCUT2D eigenvalue weighted by molar-refractivity contribution is -0.140. The molecule has 0 aliphatic rings. The average molecular weight is 397 g/mol. The number of rotatable bonds is 8. The van der Waals surface area contributed by atoms with E-state index in [1.54, 1.807) is 18.3 Å². The zero-order valence-corrected chi connectivity index (χ0v) is 16.1. The Hall–Kier alpha value is -3.62. The van der Waals surface area contributed by atoms with Crippen molar-refractivity contribution >= 4 is 28.9 Å². The molecule has 152 valence electrons. The van der Waals surface area contributed by atoms with Crippen molar-refractivity contribution < 1.29 is 14.3 Å². The monoisotopic (exact) mass is 397 g/mol. The third kappa shape index (κ3) is 5.01. The molecule has 3 rings (SSSR count). The molecule has 0 saturated heterocycles. The number of anilines is 1. The molecule has 0 fully saturated rings. The molecule has 29 heavy (non-hydrogen) atoms. The molecule has 0 aliphatic heterocycles. The summed E-state index contributed by atoms with van der Waals surface area (Å²) in [7, 11) is 1.34. The van der Waals surface area contributed by atoms with Gasteiger partial charge in [-0.3, -0.25) is 19.4 Å². The van der Waals surface area contributed by atoms with Gasteiger partial charge in [0, 0.05) is 24.7 Å². The van der Waals surface area contributed by atoms with Gasteiger partial charge in [0.15, 0.2) is 0 Å². The Morgan fingerprint density at radius 3 is 2.69 bits per heavy atom. The van der Waals surface area contributed by atoms with E-state index in [0.717, 1.165) is 11.1 Å². The van der Waals surface area contributed by atoms with Crippen molar-refractivity contribution in [1.29, 1.82) is 0 Å². The molecule has 0 unspecified atom stereocenters. The molecule has 0 aliphatic carbocycles. The van der Waals surface area contributed by atoms with E-state index < -0.39 is 0 Å². The molecule has 0 spiro atoms. The molecule has 5 N–H and O–H groups in total. The number of methoxy groups -OCH3 is 1. The number of aromatic nitrogens is 3. The van der Waals surface area contributed by atoms with Crippen LogP contribution in [0.15, 0.2) is 35.3 Å². The molecule has 2 aromatic heterocycles. The maximum Gasteiger partial charge on any atom is 0.305 e. The number of nitrogen functional groups attached to an aromatic ring is 1. The zero-order valence-electron chi connectivity index (χ0n) is 16.1. The first-order chi connectivity index (χ1) is 14.0. The largest absolute Gasteiger partial charge is 0.469 e. The second kappa shape index (κ2) is 9.05. The molecule has 9 nitrogen and oxygen atoms in total. The molecule has 0 bridgehead atoms. The van der Waals surface area contributed by atoms with Gasteiger partial charge in [0.1, 0.15) is 5.65 Å². The highest BCUT2D eigenvalue weighted by atomic mass is 16.5. The van der Waals surface area contributed by atoms with Crippen molar-refractivity contribution in [3.8, 4) is 0 Å². The van der Waals surface area contributed by atoms with Gasteiger partial charge in [0.2, 0.25) is 5.95 Å². The van der Waals surface area contributed by atoms with E-state index in [9.17, 15) is 14.4 Å². The van der Waals surface area contributed by atoms with Crippen LogP contribution in [0.5, 0.6) is 0 Å². The van der Waals surface area contributed by atoms with E-state index in [2.05, 4.69) is 25.0 Å². The summed E-state index contributed by atoms with van der Waals surface area (Å²) in [4.78, 5) is 44.9. The molecule has 3 aromatic rings. The number of nitrogens with one attached hydrogen (secondary N) is 3. The number of benzene rings is 1. The van der Waals surface area contributed by atoms with Crippen LogP contribution in [0.25, 0.3) is 11.0 Å². The van der Waals surface area contributed by atoms with Crippen LogP contribution in [0.2, 0.25) is 0 Å². The van der Waals surface area contributed by atoms with E-state index in [-0.39, 0.29) is 29.8 Å². The number of hydrogen-bond donors (Lipinski definition) is 4. The first-order valence-electron chi connectivity index (χ1n) is 9.27. The van der Waals surface area contributed by atoms with E-state index >= 15 is 0 Å². The topological polar surface area (TPSA) is 143 Å². The van der Waals surface area contributed by atoms with Crippen molar-refractivity contribution in [2.75, 3.05) is 19.4 Å². The fourth-order valence-electron chi connectivity index (χ4n) is 3.06. The molecular formula is C20H23N5O4. The SMILES string of the molecule is COC(=O)CCCNC(=O)c1ccc(CCc2c[nH]c3nc(N)[nH]c(=O)c23)cc1. The molecular weight excluding hydrogens is 374 g/mol. The number of nitrogens with two attached hydrogens (primary N) is 1. The Kier molecular flexibility index (Phi) is 6.28. The number of aromatic amines is 2. The predicted octanol–water partition coefficient (Wildman–Crippen LogP) is 1.30. The lowest BCUT2D eigenvalue weighted by Crippen LogP contribution is -2.24. The normalized spacial score (nSPS) is 10.8. The van der Waals surface area contributed by atoms with Crippen molar-refractivity contribution in [3.63, 3.8) is 0 Å². The molecule has 0 atom stereocenters. The second-order valence-corrected chi connectivity index (χ2v) is 6.62. The van der Waals surface area contributed by atoms with Crippen molar-refractivity contribution in [1.82, 2.24) is 20.3 Å². The highest BCUT2D eigenvalue weighted by Crippen LogP contribution is 2.16. The van der Waals surface area contributed by atoms with Gasteiger partial charge >= 0.3 is 5.97 Å². The van der Waals surface area contributed by atoms with Crippen LogP contribution in [0.4, 0.5) is 5.95 Å². The van der Waals surface area contributed by atoms with Crippen LogP contribution in [-0.4, -0.2) is 40.5 Å². The van der Waals surface area contributed by atoms with Gasteiger partial charge in [-0.05, 0) is 42.5 Å². The molecule has 0 saturated carbocycles. The number of fused-ring (bicyclic) bond motifs is 1. The van der Waals surface area contributed by atoms with Crippen molar-refractivity contribution in [3.05, 3.63) is 57.5 Å². The Bertz CT molecular complexity index is 1070. The number of hydrogen-bond acceptors (Lipinski definition) is 6. The number of carbonyl (C=O) groups excluding carboxylic acids is 2. The first kappa shape index (κ1) is 20.1. The second-order valence-electron chi connectivity index (χ2n) is 6.62. The van der Waals surface area contributed by atoms with Crippen LogP contribution in [0.1, 0.15) is 34.3 Å². The molecule has 0 radical (unpaired) electrons. The molecule has 1 aromatic carbocycles. The Balaban J connectivity index is 1.55. The van der Waals surface area contributed by atoms with Crippen LogP contribution in [0, 0.1) is 0 Å². The first-order valence-corrected chi connectivity index (χ1v) is 9.27. The third-order valence-corrected chi connectivity index (χ3v) is 4.61. The Labute approximate surface area is 166 Å². The molecule has 1 amide bonds. The fraction of sp³-hybridized carbons (Fsp3) is 0.300. The Morgan fingerprint density at radius 2 is 1.97 bits per heavy atom. The van der Waals surface area contributed by atoms with Gasteiger partial charge in [-0.25, -0.2) is 0 Å². The lowest BCUT2D eigenvalue weighted by atomic mass is 10.0. The molecule has 9 heteroatoms. The molecule has 2 heterocycles. The number of aryl methyl sites for hydroxylation is 2. The summed E-state index contributed by atoms with van der Waals surface area (Å²) in [6.07, 6.45) is 3.92. The maximum atomic E-state index is 12.1. The minimum absolute atomic E-state index is 0.0788. The quantitative estimate of drug-likeness (QED) is 0.333. The summed E-state index contributed by atoms with van der Waals surface area (Å²) in [5, 5.41) is 3.29. The van der Waals surface area contributed by atoms with Gasteiger partial charge in [-0.2, -0.15) is 4.98 Å². The number of nitrogens with zero attached hydrogens (tertiary/aromatic N) is 1. The van der Waals surface area contributed by atoms with E-state index in [0.29, 0.717) is 42.4 Å². The maximum absolute atomic E-state index is 12.1. The van der Waals surface area contributed by atoms with Crippen LogP contribution in [-0.2, 0) is 22.4 Å². The number of H-pyrrole nitrogens is 2. The standard InChI is InChI=1S/C20H23N5O4/c1-29-15(26)3-2-10-22-18(27)13-7-4-12(5-8-13)6-9-14-11-23-17-16(14)19(28)25-20(21)24-17/h4-5,7-8,11H,2-3,6,9-10H2,1H3,(H,22,27)(H4,21,23,24,25,28). The van der Waals surface area contributed by atoms with Gasteiger partial charge < -0.3 is 20.8 Å². The van der Waals surface area contributed by atoms with E-state index in [1.807, 2.05) is 12.1 Å². The number of ether oxygens (including phenoxy) is 1. The number of amides is 1. The summed E-state index contributed by atoms with van der Waals surface area (Å²) in [5.41, 5.74) is 8.22. The smallest absolute Gasteiger partial charge is 0.305 e. The minimum atomic E-state index is -0.292. The summed E-state index contributed by atoms with van der Waals surface area (Å²) >= 11 is 0. The minimum Gasteiger partial charge on any atom is -0.469 e. The van der Waals surface area contributed by atoms with Crippen molar-refractivity contribution in [2.45, 2.75) is 25.7 Å². The summed E-state index contributed by atoms with van der Waals surface area (Å²) in [5.74, 6) is -0.400. The summed E-state index contributed by atoms with van der Waals surface area (Å²) in [6.45, 7) is 0.406. The average Bonchev–Trinajstić information content (AvgIpc) is 3.12.